The number of aromatic nitrogens is 3. The van der Waals surface area contributed by atoms with Gasteiger partial charge in [0, 0.05) is 5.38 Å². The molecule has 0 aliphatic heterocycles. The highest BCUT2D eigenvalue weighted by atomic mass is 32.1. The standard InChI is InChI=1S/C10H10N4O2S/c1-16-9(15)2-7-5-17-10(13-7)14-8-3-11-6-12-4-8/h3-6H,2H2,1H3,(H,13,14). The van der Waals surface area contributed by atoms with Crippen molar-refractivity contribution < 1.29 is 9.53 Å². The first kappa shape index (κ1) is 11.5. The molecule has 88 valence electrons. The van der Waals surface area contributed by atoms with Gasteiger partial charge in [-0.05, 0) is 0 Å². The maximum atomic E-state index is 11.1. The summed E-state index contributed by atoms with van der Waals surface area (Å²) in [7, 11) is 1.36. The van der Waals surface area contributed by atoms with E-state index in [2.05, 4.69) is 25.0 Å². The Kier molecular flexibility index (Phi) is 3.61. The van der Waals surface area contributed by atoms with Crippen LogP contribution in [0.15, 0.2) is 24.1 Å². The number of methoxy groups -OCH3 is 1. The highest BCUT2D eigenvalue weighted by molar-refractivity contribution is 7.13. The van der Waals surface area contributed by atoms with Crippen LogP contribution in [-0.4, -0.2) is 28.0 Å². The number of nitrogens with zero attached hydrogens (tertiary/aromatic N) is 3. The Morgan fingerprint density at radius 1 is 1.47 bits per heavy atom. The summed E-state index contributed by atoms with van der Waals surface area (Å²) in [6.07, 6.45) is 4.93. The molecule has 2 heterocycles. The van der Waals surface area contributed by atoms with Crippen LogP contribution in [0.5, 0.6) is 0 Å². The fourth-order valence-electron chi connectivity index (χ4n) is 1.15. The molecule has 0 bridgehead atoms. The van der Waals surface area contributed by atoms with Crippen molar-refractivity contribution in [2.45, 2.75) is 6.42 Å². The summed E-state index contributed by atoms with van der Waals surface area (Å²) in [5.41, 5.74) is 1.44. The van der Waals surface area contributed by atoms with Gasteiger partial charge in [-0.25, -0.2) is 15.0 Å². The lowest BCUT2D eigenvalue weighted by atomic mass is 10.3. The number of esters is 1. The second-order valence-corrected chi connectivity index (χ2v) is 4.01. The van der Waals surface area contributed by atoms with Gasteiger partial charge in [0.15, 0.2) is 5.13 Å². The van der Waals surface area contributed by atoms with Crippen LogP contribution in [0.1, 0.15) is 5.69 Å². The summed E-state index contributed by atoms with van der Waals surface area (Å²) in [4.78, 5) is 23.1. The number of carbonyl (C=O) groups is 1. The molecule has 0 unspecified atom stereocenters. The van der Waals surface area contributed by atoms with Crippen LogP contribution in [0.2, 0.25) is 0 Å². The number of nitrogens with one attached hydrogen (secondary N) is 1. The molecule has 0 atom stereocenters. The van der Waals surface area contributed by atoms with Gasteiger partial charge in [0.1, 0.15) is 6.33 Å². The van der Waals surface area contributed by atoms with Crippen LogP contribution in [0.4, 0.5) is 10.8 Å². The van der Waals surface area contributed by atoms with Crippen molar-refractivity contribution in [2.75, 3.05) is 12.4 Å². The van der Waals surface area contributed by atoms with Gasteiger partial charge in [0.2, 0.25) is 0 Å². The molecule has 6 nitrogen and oxygen atoms in total. The second-order valence-electron chi connectivity index (χ2n) is 3.15. The van der Waals surface area contributed by atoms with E-state index >= 15 is 0 Å². The molecule has 0 amide bonds. The summed E-state index contributed by atoms with van der Waals surface area (Å²) in [5.74, 6) is -0.301. The fraction of sp³-hybridized carbons (Fsp3) is 0.200. The summed E-state index contributed by atoms with van der Waals surface area (Å²) in [5, 5.41) is 5.55. The van der Waals surface area contributed by atoms with E-state index in [0.29, 0.717) is 10.8 Å². The summed E-state index contributed by atoms with van der Waals surface area (Å²) < 4.78 is 4.57. The molecular formula is C10H10N4O2S. The number of thiazole rings is 1. The van der Waals surface area contributed by atoms with Crippen LogP contribution in [0.25, 0.3) is 0 Å². The summed E-state index contributed by atoms with van der Waals surface area (Å²) >= 11 is 1.41. The third kappa shape index (κ3) is 3.22. The van der Waals surface area contributed by atoms with E-state index < -0.39 is 0 Å². The minimum atomic E-state index is -0.301. The molecule has 0 fully saturated rings. The van der Waals surface area contributed by atoms with Gasteiger partial charge >= 0.3 is 5.97 Å². The topological polar surface area (TPSA) is 77.0 Å². The van der Waals surface area contributed by atoms with Gasteiger partial charge in [-0.1, -0.05) is 0 Å². The zero-order valence-corrected chi connectivity index (χ0v) is 9.90. The predicted molar refractivity (Wildman–Crippen MR) is 63.1 cm³/mol. The van der Waals surface area contributed by atoms with Crippen molar-refractivity contribution in [3.63, 3.8) is 0 Å². The monoisotopic (exact) mass is 250 g/mol. The summed E-state index contributed by atoms with van der Waals surface area (Å²) in [6, 6.07) is 0. The Hall–Kier alpha value is -2.02. The van der Waals surface area contributed by atoms with Gasteiger partial charge in [0.25, 0.3) is 0 Å². The van der Waals surface area contributed by atoms with E-state index in [1.807, 2.05) is 5.38 Å². The Bertz CT molecular complexity index is 500. The Balaban J connectivity index is 2.01. The molecule has 7 heteroatoms. The van der Waals surface area contributed by atoms with E-state index in [1.54, 1.807) is 12.4 Å². The van der Waals surface area contributed by atoms with Gasteiger partial charge in [-0.15, -0.1) is 11.3 Å². The van der Waals surface area contributed by atoms with Crippen molar-refractivity contribution in [1.29, 1.82) is 0 Å². The van der Waals surface area contributed by atoms with E-state index in [9.17, 15) is 4.79 Å². The van der Waals surface area contributed by atoms with E-state index in [-0.39, 0.29) is 12.4 Å². The SMILES string of the molecule is COC(=O)Cc1csc(Nc2cncnc2)n1. The maximum absolute atomic E-state index is 11.1. The zero-order valence-electron chi connectivity index (χ0n) is 9.08. The van der Waals surface area contributed by atoms with Gasteiger partial charge < -0.3 is 10.1 Å². The molecule has 0 aliphatic carbocycles. The molecule has 0 aliphatic rings. The molecule has 17 heavy (non-hydrogen) atoms. The first-order valence-corrected chi connectivity index (χ1v) is 5.69. The number of ether oxygens (including phenoxy) is 1. The molecule has 1 N–H and O–H groups in total. The van der Waals surface area contributed by atoms with Crippen molar-refractivity contribution in [3.8, 4) is 0 Å². The largest absolute Gasteiger partial charge is 0.469 e. The van der Waals surface area contributed by atoms with E-state index in [1.165, 1.54) is 24.8 Å². The van der Waals surface area contributed by atoms with Crippen LogP contribution in [-0.2, 0) is 16.0 Å². The molecule has 0 spiro atoms. The normalized spacial score (nSPS) is 9.94. The first-order chi connectivity index (χ1) is 8.28. The van der Waals surface area contributed by atoms with Gasteiger partial charge in [0.05, 0.1) is 37.3 Å². The second kappa shape index (κ2) is 5.35. The maximum Gasteiger partial charge on any atom is 0.311 e. The highest BCUT2D eigenvalue weighted by Crippen LogP contribution is 2.20. The Morgan fingerprint density at radius 3 is 2.94 bits per heavy atom. The highest BCUT2D eigenvalue weighted by Gasteiger charge is 2.07. The Labute approximate surface area is 102 Å². The van der Waals surface area contributed by atoms with Crippen molar-refractivity contribution >= 4 is 28.1 Å². The van der Waals surface area contributed by atoms with Crippen LogP contribution in [0, 0.1) is 0 Å². The number of rotatable bonds is 4. The Morgan fingerprint density at radius 2 is 2.24 bits per heavy atom. The molecule has 2 aromatic heterocycles. The number of hydrogen-bond donors (Lipinski definition) is 1. The van der Waals surface area contributed by atoms with Crippen molar-refractivity contribution in [2.24, 2.45) is 0 Å². The number of carbonyl (C=O) groups excluding carboxylic acids is 1. The van der Waals surface area contributed by atoms with E-state index in [4.69, 9.17) is 0 Å². The van der Waals surface area contributed by atoms with Gasteiger partial charge in [-0.2, -0.15) is 0 Å². The van der Waals surface area contributed by atoms with Crippen LogP contribution < -0.4 is 5.32 Å². The average molecular weight is 250 g/mol. The zero-order chi connectivity index (χ0) is 12.1. The van der Waals surface area contributed by atoms with Crippen LogP contribution in [0.3, 0.4) is 0 Å². The smallest absolute Gasteiger partial charge is 0.311 e. The number of hydrogen-bond acceptors (Lipinski definition) is 7. The van der Waals surface area contributed by atoms with Gasteiger partial charge in [-0.3, -0.25) is 4.79 Å². The lowest BCUT2D eigenvalue weighted by Crippen LogP contribution is -2.04. The first-order valence-electron chi connectivity index (χ1n) is 4.81. The third-order valence-electron chi connectivity index (χ3n) is 1.92. The van der Waals surface area contributed by atoms with E-state index in [0.717, 1.165) is 5.69 Å². The fourth-order valence-corrected chi connectivity index (χ4v) is 1.88. The molecule has 2 aromatic rings. The average Bonchev–Trinajstić information content (AvgIpc) is 2.77. The van der Waals surface area contributed by atoms with Crippen molar-refractivity contribution in [1.82, 2.24) is 15.0 Å². The quantitative estimate of drug-likeness (QED) is 0.826. The molecule has 0 radical (unpaired) electrons. The molecule has 0 saturated carbocycles. The minimum absolute atomic E-state index is 0.181. The third-order valence-corrected chi connectivity index (χ3v) is 2.72. The summed E-state index contributed by atoms with van der Waals surface area (Å²) in [6.45, 7) is 0. The molecular weight excluding hydrogens is 240 g/mol. The molecule has 2 rings (SSSR count). The number of anilines is 2. The molecule has 0 saturated heterocycles. The predicted octanol–water partition coefficient (Wildman–Crippen LogP) is 1.39. The lowest BCUT2D eigenvalue weighted by molar-refractivity contribution is -0.139. The van der Waals surface area contributed by atoms with Crippen molar-refractivity contribution in [3.05, 3.63) is 29.8 Å². The minimum Gasteiger partial charge on any atom is -0.469 e. The lowest BCUT2D eigenvalue weighted by Gasteiger charge is -1.99. The van der Waals surface area contributed by atoms with Crippen LogP contribution >= 0.6 is 11.3 Å². The molecule has 0 aromatic carbocycles.